The van der Waals surface area contributed by atoms with Crippen molar-refractivity contribution in [3.8, 4) is 0 Å². The molecular weight excluding hydrogens is 262 g/mol. The summed E-state index contributed by atoms with van der Waals surface area (Å²) in [7, 11) is 0. The summed E-state index contributed by atoms with van der Waals surface area (Å²) in [6, 6.07) is 7.76. The topological polar surface area (TPSA) is 58.4 Å². The molecule has 1 aromatic rings. The minimum absolute atomic E-state index is 0.112. The number of rotatable bonds is 9. The van der Waals surface area contributed by atoms with Gasteiger partial charge in [0.2, 0.25) is 5.91 Å². The van der Waals surface area contributed by atoms with Crippen LogP contribution in [-0.4, -0.2) is 29.9 Å². The minimum atomic E-state index is -0.112. The van der Waals surface area contributed by atoms with Gasteiger partial charge in [0.1, 0.15) is 0 Å². The van der Waals surface area contributed by atoms with Crippen LogP contribution in [0.25, 0.3) is 0 Å². The van der Waals surface area contributed by atoms with Crippen LogP contribution in [-0.2, 0) is 11.3 Å². The molecule has 1 rings (SSSR count). The van der Waals surface area contributed by atoms with Crippen molar-refractivity contribution in [1.29, 1.82) is 0 Å². The molecule has 0 bridgehead atoms. The molecule has 0 heterocycles. The van der Waals surface area contributed by atoms with E-state index in [0.717, 1.165) is 44.6 Å². The van der Waals surface area contributed by atoms with Crippen LogP contribution >= 0.6 is 0 Å². The highest BCUT2D eigenvalue weighted by Crippen LogP contribution is 2.11. The van der Waals surface area contributed by atoms with Crippen molar-refractivity contribution in [1.82, 2.24) is 10.2 Å². The van der Waals surface area contributed by atoms with E-state index in [1.807, 2.05) is 31.2 Å². The number of anilines is 1. The average molecular weight is 291 g/mol. The fraction of sp³-hybridized carbons (Fsp3) is 0.588. The molecule has 0 radical (unpaired) electrons. The van der Waals surface area contributed by atoms with Crippen LogP contribution in [0.2, 0.25) is 0 Å². The summed E-state index contributed by atoms with van der Waals surface area (Å²) in [5.41, 5.74) is 7.67. The first-order valence-corrected chi connectivity index (χ1v) is 7.94. The molecule has 1 atom stereocenters. The molecule has 4 heteroatoms. The standard InChI is InChI=1S/C17H29N3O/c1-4-6-11-19-17(21)14(3)20(12-5-2)13-15-7-9-16(18)10-8-15/h7-10,14H,4-6,11-13,18H2,1-3H3,(H,19,21). The molecule has 0 saturated carbocycles. The van der Waals surface area contributed by atoms with Gasteiger partial charge >= 0.3 is 0 Å². The number of carbonyl (C=O) groups excluding carboxylic acids is 1. The zero-order valence-electron chi connectivity index (χ0n) is 13.6. The molecule has 3 N–H and O–H groups in total. The highest BCUT2D eigenvalue weighted by molar-refractivity contribution is 5.81. The fourth-order valence-electron chi connectivity index (χ4n) is 2.26. The van der Waals surface area contributed by atoms with E-state index >= 15 is 0 Å². The van der Waals surface area contributed by atoms with E-state index in [0.29, 0.717) is 0 Å². The number of amides is 1. The Hall–Kier alpha value is -1.55. The molecule has 1 unspecified atom stereocenters. The van der Waals surface area contributed by atoms with Gasteiger partial charge in [-0.15, -0.1) is 0 Å². The van der Waals surface area contributed by atoms with Crippen molar-refractivity contribution in [3.05, 3.63) is 29.8 Å². The SMILES string of the molecule is CCCCNC(=O)C(C)N(CCC)Cc1ccc(N)cc1. The summed E-state index contributed by atoms with van der Waals surface area (Å²) in [5, 5.41) is 3.02. The molecule has 0 spiro atoms. The van der Waals surface area contributed by atoms with Crippen LogP contribution in [0.3, 0.4) is 0 Å². The summed E-state index contributed by atoms with van der Waals surface area (Å²) in [6.45, 7) is 8.69. The number of carbonyl (C=O) groups is 1. The highest BCUT2D eigenvalue weighted by atomic mass is 16.2. The van der Waals surface area contributed by atoms with Crippen molar-refractivity contribution in [2.75, 3.05) is 18.8 Å². The minimum Gasteiger partial charge on any atom is -0.399 e. The van der Waals surface area contributed by atoms with Gasteiger partial charge in [0.05, 0.1) is 6.04 Å². The maximum absolute atomic E-state index is 12.2. The summed E-state index contributed by atoms with van der Waals surface area (Å²) in [6.07, 6.45) is 3.16. The summed E-state index contributed by atoms with van der Waals surface area (Å²) < 4.78 is 0. The summed E-state index contributed by atoms with van der Waals surface area (Å²) in [4.78, 5) is 14.4. The molecule has 0 aliphatic heterocycles. The second-order valence-electron chi connectivity index (χ2n) is 5.53. The van der Waals surface area contributed by atoms with E-state index in [-0.39, 0.29) is 11.9 Å². The lowest BCUT2D eigenvalue weighted by Crippen LogP contribution is -2.45. The van der Waals surface area contributed by atoms with E-state index in [9.17, 15) is 4.79 Å². The van der Waals surface area contributed by atoms with E-state index in [1.165, 1.54) is 5.56 Å². The third kappa shape index (κ3) is 6.17. The molecule has 0 aromatic heterocycles. The summed E-state index contributed by atoms with van der Waals surface area (Å²) >= 11 is 0. The van der Waals surface area contributed by atoms with Crippen LogP contribution in [0, 0.1) is 0 Å². The molecule has 0 aliphatic rings. The first-order chi connectivity index (χ1) is 10.1. The molecule has 1 aromatic carbocycles. The Morgan fingerprint density at radius 2 is 1.90 bits per heavy atom. The second-order valence-corrected chi connectivity index (χ2v) is 5.53. The van der Waals surface area contributed by atoms with Crippen molar-refractivity contribution in [2.45, 2.75) is 52.6 Å². The fourth-order valence-corrected chi connectivity index (χ4v) is 2.26. The molecule has 118 valence electrons. The first-order valence-electron chi connectivity index (χ1n) is 7.94. The normalized spacial score (nSPS) is 12.4. The number of unbranched alkanes of at least 4 members (excludes halogenated alkanes) is 1. The van der Waals surface area contributed by atoms with Crippen molar-refractivity contribution in [2.24, 2.45) is 0 Å². The van der Waals surface area contributed by atoms with Crippen molar-refractivity contribution >= 4 is 11.6 Å². The number of hydrogen-bond donors (Lipinski definition) is 2. The third-order valence-corrected chi connectivity index (χ3v) is 3.63. The van der Waals surface area contributed by atoms with Gasteiger partial charge in [-0.2, -0.15) is 0 Å². The molecule has 4 nitrogen and oxygen atoms in total. The Kier molecular flexibility index (Phi) is 7.83. The van der Waals surface area contributed by atoms with E-state index in [4.69, 9.17) is 5.73 Å². The number of benzene rings is 1. The lowest BCUT2D eigenvalue weighted by molar-refractivity contribution is -0.126. The molecular formula is C17H29N3O. The van der Waals surface area contributed by atoms with Crippen molar-refractivity contribution in [3.63, 3.8) is 0 Å². The van der Waals surface area contributed by atoms with Gasteiger partial charge in [-0.25, -0.2) is 0 Å². The molecule has 21 heavy (non-hydrogen) atoms. The second kappa shape index (κ2) is 9.40. The summed E-state index contributed by atoms with van der Waals surface area (Å²) in [5.74, 6) is 0.118. The molecule has 0 fully saturated rings. The smallest absolute Gasteiger partial charge is 0.237 e. The zero-order valence-corrected chi connectivity index (χ0v) is 13.6. The van der Waals surface area contributed by atoms with E-state index < -0.39 is 0 Å². The van der Waals surface area contributed by atoms with Gasteiger partial charge in [0.25, 0.3) is 0 Å². The maximum Gasteiger partial charge on any atom is 0.237 e. The number of nitrogens with one attached hydrogen (secondary N) is 1. The Morgan fingerprint density at radius 1 is 1.24 bits per heavy atom. The number of nitrogens with zero attached hydrogens (tertiary/aromatic N) is 1. The Balaban J connectivity index is 2.62. The van der Waals surface area contributed by atoms with Crippen molar-refractivity contribution < 1.29 is 4.79 Å². The number of hydrogen-bond acceptors (Lipinski definition) is 3. The third-order valence-electron chi connectivity index (χ3n) is 3.63. The molecule has 0 saturated heterocycles. The Bertz CT molecular complexity index is 417. The van der Waals surface area contributed by atoms with Crippen LogP contribution < -0.4 is 11.1 Å². The lowest BCUT2D eigenvalue weighted by Gasteiger charge is -2.28. The predicted octanol–water partition coefficient (Wildman–Crippen LogP) is 2.79. The highest BCUT2D eigenvalue weighted by Gasteiger charge is 2.20. The lowest BCUT2D eigenvalue weighted by atomic mass is 10.1. The maximum atomic E-state index is 12.2. The molecule has 1 amide bonds. The quantitative estimate of drug-likeness (QED) is 0.543. The van der Waals surface area contributed by atoms with Crippen LogP contribution in [0.15, 0.2) is 24.3 Å². The van der Waals surface area contributed by atoms with E-state index in [2.05, 4.69) is 24.1 Å². The van der Waals surface area contributed by atoms with Crippen LogP contribution in [0.4, 0.5) is 5.69 Å². The Morgan fingerprint density at radius 3 is 2.48 bits per heavy atom. The largest absolute Gasteiger partial charge is 0.399 e. The monoisotopic (exact) mass is 291 g/mol. The van der Waals surface area contributed by atoms with Crippen LogP contribution in [0.5, 0.6) is 0 Å². The van der Waals surface area contributed by atoms with Gasteiger partial charge in [-0.1, -0.05) is 32.4 Å². The van der Waals surface area contributed by atoms with Gasteiger partial charge in [0.15, 0.2) is 0 Å². The van der Waals surface area contributed by atoms with Gasteiger partial charge in [-0.3, -0.25) is 9.69 Å². The first kappa shape index (κ1) is 17.5. The predicted molar refractivity (Wildman–Crippen MR) is 88.9 cm³/mol. The Labute approximate surface area is 128 Å². The molecule has 0 aliphatic carbocycles. The van der Waals surface area contributed by atoms with Gasteiger partial charge in [0, 0.05) is 18.8 Å². The number of nitrogens with two attached hydrogens (primary N) is 1. The van der Waals surface area contributed by atoms with Crippen LogP contribution in [0.1, 0.15) is 45.6 Å². The number of nitrogen functional groups attached to an aromatic ring is 1. The zero-order chi connectivity index (χ0) is 15.7. The average Bonchev–Trinajstić information content (AvgIpc) is 2.48. The van der Waals surface area contributed by atoms with E-state index in [1.54, 1.807) is 0 Å². The van der Waals surface area contributed by atoms with Gasteiger partial charge in [-0.05, 0) is 44.0 Å². The van der Waals surface area contributed by atoms with Gasteiger partial charge < -0.3 is 11.1 Å².